The van der Waals surface area contributed by atoms with E-state index in [0.29, 0.717) is 6.04 Å². The summed E-state index contributed by atoms with van der Waals surface area (Å²) in [5.41, 5.74) is 0.800. The van der Waals surface area contributed by atoms with Gasteiger partial charge in [-0.2, -0.15) is 0 Å². The highest BCUT2D eigenvalue weighted by Gasteiger charge is 2.21. The largest absolute Gasteiger partial charge is 0.316 e. The number of likely N-dealkylation sites (tertiary alicyclic amines) is 1. The first kappa shape index (κ1) is 13.4. The monoisotopic (exact) mass is 244 g/mol. The standard InChI is InChI=1S/C12H17FN2.ClH/c1-14-11-6-7-15(9-11)8-10-4-2-3-5-12(10)13;/h2-5,11,14H,6-9H2,1H3;1H. The molecule has 0 spiro atoms. The van der Waals surface area contributed by atoms with Gasteiger partial charge in [0, 0.05) is 31.2 Å². The van der Waals surface area contributed by atoms with Crippen molar-refractivity contribution < 1.29 is 4.39 Å². The molecule has 0 amide bonds. The van der Waals surface area contributed by atoms with E-state index in [1.54, 1.807) is 6.07 Å². The molecule has 1 aliphatic heterocycles. The Balaban J connectivity index is 0.00000128. The van der Waals surface area contributed by atoms with Gasteiger partial charge in [-0.25, -0.2) is 4.39 Å². The minimum Gasteiger partial charge on any atom is -0.316 e. The first-order valence-corrected chi connectivity index (χ1v) is 5.42. The lowest BCUT2D eigenvalue weighted by Crippen LogP contribution is -2.29. The maximum absolute atomic E-state index is 13.4. The summed E-state index contributed by atoms with van der Waals surface area (Å²) in [6, 6.07) is 7.59. The third-order valence-corrected chi connectivity index (χ3v) is 3.03. The van der Waals surface area contributed by atoms with E-state index >= 15 is 0 Å². The minimum absolute atomic E-state index is 0. The summed E-state index contributed by atoms with van der Waals surface area (Å²) < 4.78 is 13.4. The fourth-order valence-corrected chi connectivity index (χ4v) is 2.08. The van der Waals surface area contributed by atoms with E-state index < -0.39 is 0 Å². The second-order valence-electron chi connectivity index (χ2n) is 4.10. The second kappa shape index (κ2) is 6.18. The molecule has 0 aliphatic carbocycles. The van der Waals surface area contributed by atoms with Gasteiger partial charge in [-0.05, 0) is 19.5 Å². The van der Waals surface area contributed by atoms with Crippen LogP contribution in [0.25, 0.3) is 0 Å². The van der Waals surface area contributed by atoms with Crippen molar-refractivity contribution in [3.63, 3.8) is 0 Å². The highest BCUT2D eigenvalue weighted by molar-refractivity contribution is 5.85. The molecule has 0 bridgehead atoms. The van der Waals surface area contributed by atoms with Crippen LogP contribution in [0.15, 0.2) is 24.3 Å². The Morgan fingerprint density at radius 1 is 1.44 bits per heavy atom. The number of nitrogens with zero attached hydrogens (tertiary/aromatic N) is 1. The lowest BCUT2D eigenvalue weighted by molar-refractivity contribution is 0.317. The normalized spacial score (nSPS) is 20.8. The van der Waals surface area contributed by atoms with Gasteiger partial charge in [-0.15, -0.1) is 12.4 Å². The number of benzene rings is 1. The number of nitrogens with one attached hydrogen (secondary N) is 1. The Morgan fingerprint density at radius 3 is 2.81 bits per heavy atom. The van der Waals surface area contributed by atoms with Gasteiger partial charge >= 0.3 is 0 Å². The van der Waals surface area contributed by atoms with E-state index in [0.717, 1.165) is 31.6 Å². The smallest absolute Gasteiger partial charge is 0.127 e. The van der Waals surface area contributed by atoms with Crippen LogP contribution >= 0.6 is 12.4 Å². The van der Waals surface area contributed by atoms with Gasteiger partial charge in [-0.1, -0.05) is 18.2 Å². The minimum atomic E-state index is -0.0922. The molecule has 0 saturated carbocycles. The zero-order valence-electron chi connectivity index (χ0n) is 9.45. The van der Waals surface area contributed by atoms with Crippen molar-refractivity contribution >= 4 is 12.4 Å². The van der Waals surface area contributed by atoms with Crippen LogP contribution in [0.2, 0.25) is 0 Å². The van der Waals surface area contributed by atoms with Crippen LogP contribution in [0.5, 0.6) is 0 Å². The van der Waals surface area contributed by atoms with Gasteiger partial charge in [0.15, 0.2) is 0 Å². The molecule has 2 nitrogen and oxygen atoms in total. The van der Waals surface area contributed by atoms with Gasteiger partial charge in [0.1, 0.15) is 5.82 Å². The summed E-state index contributed by atoms with van der Waals surface area (Å²) in [4.78, 5) is 2.29. The summed E-state index contributed by atoms with van der Waals surface area (Å²) in [5.74, 6) is -0.0922. The first-order valence-electron chi connectivity index (χ1n) is 5.42. The van der Waals surface area contributed by atoms with Gasteiger partial charge in [0.2, 0.25) is 0 Å². The third kappa shape index (κ3) is 3.17. The molecule has 4 heteroatoms. The van der Waals surface area contributed by atoms with E-state index in [9.17, 15) is 4.39 Å². The molecule has 1 fully saturated rings. The van der Waals surface area contributed by atoms with E-state index in [1.165, 1.54) is 6.07 Å². The van der Waals surface area contributed by atoms with Crippen molar-refractivity contribution in [2.75, 3.05) is 20.1 Å². The number of halogens is 2. The van der Waals surface area contributed by atoms with E-state index in [-0.39, 0.29) is 18.2 Å². The highest BCUT2D eigenvalue weighted by Crippen LogP contribution is 2.15. The molecule has 16 heavy (non-hydrogen) atoms. The number of likely N-dealkylation sites (N-methyl/N-ethyl adjacent to an activating group) is 1. The molecule has 1 aromatic carbocycles. The molecule has 1 unspecified atom stereocenters. The summed E-state index contributed by atoms with van der Waals surface area (Å²) in [7, 11) is 1.98. The van der Waals surface area contributed by atoms with Crippen molar-refractivity contribution in [2.45, 2.75) is 19.0 Å². The quantitative estimate of drug-likeness (QED) is 0.876. The van der Waals surface area contributed by atoms with Crippen LogP contribution in [0.1, 0.15) is 12.0 Å². The number of hydrogen-bond acceptors (Lipinski definition) is 2. The first-order chi connectivity index (χ1) is 7.29. The van der Waals surface area contributed by atoms with Crippen LogP contribution in [-0.2, 0) is 6.54 Å². The van der Waals surface area contributed by atoms with Crippen molar-refractivity contribution in [1.29, 1.82) is 0 Å². The maximum atomic E-state index is 13.4. The molecule has 90 valence electrons. The van der Waals surface area contributed by atoms with Crippen LogP contribution < -0.4 is 5.32 Å². The van der Waals surface area contributed by atoms with E-state index in [1.807, 2.05) is 19.2 Å². The fourth-order valence-electron chi connectivity index (χ4n) is 2.08. The SMILES string of the molecule is CNC1CCN(Cc2ccccc2F)C1.Cl. The maximum Gasteiger partial charge on any atom is 0.127 e. The molecule has 0 radical (unpaired) electrons. The lowest BCUT2D eigenvalue weighted by atomic mass is 10.2. The van der Waals surface area contributed by atoms with E-state index in [2.05, 4.69) is 10.2 Å². The Hall–Kier alpha value is -0.640. The van der Waals surface area contributed by atoms with E-state index in [4.69, 9.17) is 0 Å². The molecule has 1 heterocycles. The molecule has 1 N–H and O–H groups in total. The lowest BCUT2D eigenvalue weighted by Gasteiger charge is -2.16. The molecular formula is C12H18ClFN2. The van der Waals surface area contributed by atoms with Crippen molar-refractivity contribution in [3.05, 3.63) is 35.6 Å². The highest BCUT2D eigenvalue weighted by atomic mass is 35.5. The molecule has 0 aromatic heterocycles. The molecule has 1 aromatic rings. The van der Waals surface area contributed by atoms with Crippen molar-refractivity contribution in [2.24, 2.45) is 0 Å². The van der Waals surface area contributed by atoms with Crippen LogP contribution in [0.4, 0.5) is 4.39 Å². The molecule has 1 aliphatic rings. The average Bonchev–Trinajstić information content (AvgIpc) is 2.69. The van der Waals surface area contributed by atoms with Gasteiger partial charge in [0.05, 0.1) is 0 Å². The van der Waals surface area contributed by atoms with Gasteiger partial charge in [0.25, 0.3) is 0 Å². The van der Waals surface area contributed by atoms with Crippen molar-refractivity contribution in [3.8, 4) is 0 Å². The molecule has 2 rings (SSSR count). The van der Waals surface area contributed by atoms with Crippen LogP contribution in [0, 0.1) is 5.82 Å². The number of rotatable bonds is 3. The fraction of sp³-hybridized carbons (Fsp3) is 0.500. The zero-order valence-corrected chi connectivity index (χ0v) is 10.3. The number of hydrogen-bond donors (Lipinski definition) is 1. The van der Waals surface area contributed by atoms with Gasteiger partial charge in [-0.3, -0.25) is 4.90 Å². The second-order valence-corrected chi connectivity index (χ2v) is 4.10. The van der Waals surface area contributed by atoms with Crippen LogP contribution in [-0.4, -0.2) is 31.1 Å². The summed E-state index contributed by atoms with van der Waals surface area (Å²) in [6.45, 7) is 2.80. The summed E-state index contributed by atoms with van der Waals surface area (Å²) >= 11 is 0. The zero-order chi connectivity index (χ0) is 10.7. The Labute approximate surface area is 102 Å². The predicted molar refractivity (Wildman–Crippen MR) is 66.4 cm³/mol. The van der Waals surface area contributed by atoms with Crippen molar-refractivity contribution in [1.82, 2.24) is 10.2 Å². The average molecular weight is 245 g/mol. The predicted octanol–water partition coefficient (Wildman–Crippen LogP) is 2.04. The Morgan fingerprint density at radius 2 is 2.19 bits per heavy atom. The van der Waals surface area contributed by atoms with Gasteiger partial charge < -0.3 is 5.32 Å². The topological polar surface area (TPSA) is 15.3 Å². The van der Waals surface area contributed by atoms with Crippen LogP contribution in [0.3, 0.4) is 0 Å². The summed E-state index contributed by atoms with van der Waals surface area (Å²) in [5, 5.41) is 3.26. The molecular weight excluding hydrogens is 227 g/mol. The Bertz CT molecular complexity index is 333. The third-order valence-electron chi connectivity index (χ3n) is 3.03. The summed E-state index contributed by atoms with van der Waals surface area (Å²) in [6.07, 6.45) is 1.16. The molecule has 1 saturated heterocycles. The molecule has 1 atom stereocenters. The Kier molecular flexibility index (Phi) is 5.19.